The molecule has 72 valence electrons. The summed E-state index contributed by atoms with van der Waals surface area (Å²) >= 11 is 0. The molecule has 2 N–H and O–H groups in total. The highest BCUT2D eigenvalue weighted by Crippen LogP contribution is 2.43. The Morgan fingerprint density at radius 1 is 1.42 bits per heavy atom. The van der Waals surface area contributed by atoms with Crippen LogP contribution in [0.1, 0.15) is 39.0 Å². The lowest BCUT2D eigenvalue weighted by Crippen LogP contribution is -2.42. The monoisotopic (exact) mass is 171 g/mol. The van der Waals surface area contributed by atoms with Gasteiger partial charge in [-0.15, -0.1) is 0 Å². The van der Waals surface area contributed by atoms with Crippen LogP contribution in [0.4, 0.5) is 0 Å². The lowest BCUT2D eigenvalue weighted by molar-refractivity contribution is 0.106. The number of hydrogen-bond acceptors (Lipinski definition) is 2. The van der Waals surface area contributed by atoms with Crippen LogP contribution in [0.5, 0.6) is 0 Å². The van der Waals surface area contributed by atoms with E-state index in [0.717, 1.165) is 0 Å². The smallest absolute Gasteiger partial charge is 0.0619 e. The Labute approximate surface area is 75.5 Å². The SMILES string of the molecule is CCC1(C(N)COC)CCCC1. The van der Waals surface area contributed by atoms with E-state index in [1.807, 2.05) is 0 Å². The molecular weight excluding hydrogens is 150 g/mol. The molecule has 1 aliphatic rings. The van der Waals surface area contributed by atoms with Crippen molar-refractivity contribution in [3.8, 4) is 0 Å². The third-order valence-corrected chi connectivity index (χ3v) is 3.44. The fourth-order valence-corrected chi connectivity index (χ4v) is 2.42. The van der Waals surface area contributed by atoms with Crippen LogP contribution >= 0.6 is 0 Å². The standard InChI is InChI=1S/C10H21NO/c1-3-10(6-4-5-7-10)9(11)8-12-2/h9H,3-8,11H2,1-2H3. The van der Waals surface area contributed by atoms with Crippen molar-refractivity contribution >= 4 is 0 Å². The molecule has 1 saturated carbocycles. The van der Waals surface area contributed by atoms with Gasteiger partial charge in [-0.2, -0.15) is 0 Å². The van der Waals surface area contributed by atoms with Gasteiger partial charge in [0.05, 0.1) is 6.61 Å². The van der Waals surface area contributed by atoms with E-state index >= 15 is 0 Å². The first-order valence-corrected chi connectivity index (χ1v) is 4.99. The largest absolute Gasteiger partial charge is 0.383 e. The highest BCUT2D eigenvalue weighted by atomic mass is 16.5. The summed E-state index contributed by atoms with van der Waals surface area (Å²) in [5, 5.41) is 0. The van der Waals surface area contributed by atoms with E-state index in [1.165, 1.54) is 32.1 Å². The van der Waals surface area contributed by atoms with Crippen LogP contribution in [0, 0.1) is 5.41 Å². The van der Waals surface area contributed by atoms with E-state index in [2.05, 4.69) is 6.92 Å². The summed E-state index contributed by atoms with van der Waals surface area (Å²) in [5.74, 6) is 0. The van der Waals surface area contributed by atoms with E-state index in [1.54, 1.807) is 7.11 Å². The minimum Gasteiger partial charge on any atom is -0.383 e. The Morgan fingerprint density at radius 3 is 2.42 bits per heavy atom. The Balaban J connectivity index is 2.52. The zero-order valence-corrected chi connectivity index (χ0v) is 8.31. The van der Waals surface area contributed by atoms with Crippen molar-refractivity contribution in [2.45, 2.75) is 45.1 Å². The summed E-state index contributed by atoms with van der Waals surface area (Å²) in [7, 11) is 1.73. The van der Waals surface area contributed by atoms with Crippen molar-refractivity contribution in [1.29, 1.82) is 0 Å². The molecule has 1 fully saturated rings. The Hall–Kier alpha value is -0.0800. The molecule has 2 heteroatoms. The molecule has 0 aromatic rings. The van der Waals surface area contributed by atoms with Gasteiger partial charge in [-0.25, -0.2) is 0 Å². The van der Waals surface area contributed by atoms with Crippen molar-refractivity contribution in [2.75, 3.05) is 13.7 Å². The highest BCUT2D eigenvalue weighted by Gasteiger charge is 2.37. The number of methoxy groups -OCH3 is 1. The number of hydrogen-bond donors (Lipinski definition) is 1. The van der Waals surface area contributed by atoms with Crippen LogP contribution in [0.15, 0.2) is 0 Å². The van der Waals surface area contributed by atoms with Crippen LogP contribution in [0.25, 0.3) is 0 Å². The van der Waals surface area contributed by atoms with Crippen molar-refractivity contribution in [3.05, 3.63) is 0 Å². The van der Waals surface area contributed by atoms with Crippen LogP contribution < -0.4 is 5.73 Å². The van der Waals surface area contributed by atoms with Crippen molar-refractivity contribution in [2.24, 2.45) is 11.1 Å². The number of rotatable bonds is 4. The van der Waals surface area contributed by atoms with E-state index in [0.29, 0.717) is 12.0 Å². The van der Waals surface area contributed by atoms with Gasteiger partial charge in [-0.3, -0.25) is 0 Å². The fraction of sp³-hybridized carbons (Fsp3) is 1.00. The summed E-state index contributed by atoms with van der Waals surface area (Å²) < 4.78 is 5.12. The Kier molecular flexibility index (Phi) is 3.53. The van der Waals surface area contributed by atoms with E-state index in [-0.39, 0.29) is 6.04 Å². The van der Waals surface area contributed by atoms with Crippen LogP contribution in [-0.2, 0) is 4.74 Å². The summed E-state index contributed by atoms with van der Waals surface area (Å²) in [4.78, 5) is 0. The quantitative estimate of drug-likeness (QED) is 0.701. The molecule has 0 saturated heterocycles. The summed E-state index contributed by atoms with van der Waals surface area (Å²) in [6, 6.07) is 0.245. The molecule has 1 rings (SSSR count). The average Bonchev–Trinajstić information content (AvgIpc) is 2.54. The van der Waals surface area contributed by atoms with Crippen LogP contribution in [0.2, 0.25) is 0 Å². The molecule has 1 unspecified atom stereocenters. The lowest BCUT2D eigenvalue weighted by Gasteiger charge is -2.33. The maximum absolute atomic E-state index is 6.11. The first-order chi connectivity index (χ1) is 5.75. The average molecular weight is 171 g/mol. The molecule has 1 atom stereocenters. The molecule has 12 heavy (non-hydrogen) atoms. The first kappa shape index (κ1) is 10.0. The minimum atomic E-state index is 0.245. The maximum atomic E-state index is 6.11. The van der Waals surface area contributed by atoms with E-state index in [9.17, 15) is 0 Å². The maximum Gasteiger partial charge on any atom is 0.0619 e. The molecule has 0 aromatic carbocycles. The van der Waals surface area contributed by atoms with Crippen molar-refractivity contribution < 1.29 is 4.74 Å². The van der Waals surface area contributed by atoms with Gasteiger partial charge in [0, 0.05) is 13.2 Å². The molecule has 0 bridgehead atoms. The van der Waals surface area contributed by atoms with E-state index < -0.39 is 0 Å². The molecule has 1 aliphatic carbocycles. The number of nitrogens with two attached hydrogens (primary N) is 1. The zero-order valence-electron chi connectivity index (χ0n) is 8.31. The van der Waals surface area contributed by atoms with Gasteiger partial charge in [0.1, 0.15) is 0 Å². The second-order valence-corrected chi connectivity index (χ2v) is 3.98. The van der Waals surface area contributed by atoms with E-state index in [4.69, 9.17) is 10.5 Å². The molecule has 0 radical (unpaired) electrons. The fourth-order valence-electron chi connectivity index (χ4n) is 2.42. The third kappa shape index (κ3) is 1.80. The minimum absolute atomic E-state index is 0.245. The topological polar surface area (TPSA) is 35.2 Å². The number of ether oxygens (including phenoxy) is 1. The molecular formula is C10H21NO. The predicted molar refractivity (Wildman–Crippen MR) is 51.0 cm³/mol. The van der Waals surface area contributed by atoms with Gasteiger partial charge in [-0.05, 0) is 24.7 Å². The van der Waals surface area contributed by atoms with Crippen LogP contribution in [0.3, 0.4) is 0 Å². The molecule has 0 heterocycles. The third-order valence-electron chi connectivity index (χ3n) is 3.44. The Morgan fingerprint density at radius 2 is 2.00 bits per heavy atom. The molecule has 0 amide bonds. The van der Waals surface area contributed by atoms with Gasteiger partial charge >= 0.3 is 0 Å². The van der Waals surface area contributed by atoms with Gasteiger partial charge in [0.15, 0.2) is 0 Å². The molecule has 2 nitrogen and oxygen atoms in total. The van der Waals surface area contributed by atoms with Gasteiger partial charge in [0.2, 0.25) is 0 Å². The van der Waals surface area contributed by atoms with Crippen molar-refractivity contribution in [1.82, 2.24) is 0 Å². The second kappa shape index (κ2) is 4.24. The lowest BCUT2D eigenvalue weighted by atomic mass is 9.77. The second-order valence-electron chi connectivity index (χ2n) is 3.98. The zero-order chi connectivity index (χ0) is 9.03. The summed E-state index contributed by atoms with van der Waals surface area (Å²) in [5.41, 5.74) is 6.51. The Bertz CT molecular complexity index is 130. The summed E-state index contributed by atoms with van der Waals surface area (Å²) in [6.07, 6.45) is 6.51. The van der Waals surface area contributed by atoms with Gasteiger partial charge in [-0.1, -0.05) is 19.8 Å². The first-order valence-electron chi connectivity index (χ1n) is 4.99. The van der Waals surface area contributed by atoms with Gasteiger partial charge in [0.25, 0.3) is 0 Å². The molecule has 0 aromatic heterocycles. The summed E-state index contributed by atoms with van der Waals surface area (Å²) in [6.45, 7) is 2.97. The van der Waals surface area contributed by atoms with Crippen molar-refractivity contribution in [3.63, 3.8) is 0 Å². The predicted octanol–water partition coefficient (Wildman–Crippen LogP) is 1.93. The van der Waals surface area contributed by atoms with Gasteiger partial charge < -0.3 is 10.5 Å². The normalized spacial score (nSPS) is 24.2. The molecule has 0 aliphatic heterocycles. The molecule has 0 spiro atoms. The van der Waals surface area contributed by atoms with Crippen LogP contribution in [-0.4, -0.2) is 19.8 Å². The highest BCUT2D eigenvalue weighted by molar-refractivity contribution is 4.91.